The summed E-state index contributed by atoms with van der Waals surface area (Å²) in [6.45, 7) is -0.760. The third-order valence-corrected chi connectivity index (χ3v) is 5.17. The maximum atomic E-state index is 12.6. The second-order valence-corrected chi connectivity index (χ2v) is 7.15. The summed E-state index contributed by atoms with van der Waals surface area (Å²) >= 11 is 1.57. The third-order valence-electron chi connectivity index (χ3n) is 4.43. The van der Waals surface area contributed by atoms with E-state index < -0.39 is 18.1 Å². The number of ether oxygens (including phenoxy) is 1. The van der Waals surface area contributed by atoms with E-state index >= 15 is 0 Å². The van der Waals surface area contributed by atoms with E-state index in [1.807, 2.05) is 30.5 Å². The Bertz CT molecular complexity index is 1270. The number of thioether (sulfide) groups is 1. The number of Topliss-reactive ketones (excluding diaryl/α,β-unsaturated/α-hetero) is 1. The molecule has 0 unspecified atom stereocenters. The topological polar surface area (TPSA) is 91.4 Å². The number of aromatic nitrogens is 2. The Kier molecular flexibility index (Phi) is 5.18. The molecule has 7 nitrogen and oxygen atoms in total. The second kappa shape index (κ2) is 7.92. The van der Waals surface area contributed by atoms with Crippen LogP contribution in [0.15, 0.2) is 69.0 Å². The van der Waals surface area contributed by atoms with Crippen LogP contribution in [-0.4, -0.2) is 34.2 Å². The van der Waals surface area contributed by atoms with E-state index in [0.717, 1.165) is 14.8 Å². The van der Waals surface area contributed by atoms with Crippen LogP contribution in [0.2, 0.25) is 0 Å². The van der Waals surface area contributed by atoms with Crippen molar-refractivity contribution < 1.29 is 18.7 Å². The van der Waals surface area contributed by atoms with Gasteiger partial charge in [0.1, 0.15) is 17.6 Å². The first-order chi connectivity index (χ1) is 14.1. The summed E-state index contributed by atoms with van der Waals surface area (Å²) in [5, 5.41) is 0.729. The standard InChI is InChI=1S/C21H16N2O5S/c1-29-14-8-6-13(7-9-14)16(24)11-27-18(25)10-23-12-22-19-15-4-2-3-5-17(15)28-20(19)21(23)26/h2-9,12H,10-11H2,1H3. The van der Waals surface area contributed by atoms with Crippen LogP contribution < -0.4 is 5.56 Å². The summed E-state index contributed by atoms with van der Waals surface area (Å²) in [6.07, 6.45) is 3.22. The molecule has 146 valence electrons. The number of carbonyl (C=O) groups is 2. The normalized spacial score (nSPS) is 11.1. The molecule has 8 heteroatoms. The summed E-state index contributed by atoms with van der Waals surface area (Å²) in [5.41, 5.74) is 1.04. The van der Waals surface area contributed by atoms with Crippen molar-refractivity contribution in [2.24, 2.45) is 0 Å². The lowest BCUT2D eigenvalue weighted by atomic mass is 10.1. The number of ketones is 1. The zero-order chi connectivity index (χ0) is 20.4. The van der Waals surface area contributed by atoms with Crippen molar-refractivity contribution in [3.8, 4) is 0 Å². The quantitative estimate of drug-likeness (QED) is 0.275. The molecule has 0 radical (unpaired) electrons. The fourth-order valence-corrected chi connectivity index (χ4v) is 3.33. The van der Waals surface area contributed by atoms with Crippen LogP contribution in [0.4, 0.5) is 0 Å². The molecule has 4 aromatic rings. The molecule has 0 spiro atoms. The zero-order valence-corrected chi connectivity index (χ0v) is 16.3. The van der Waals surface area contributed by atoms with Crippen LogP contribution in [-0.2, 0) is 16.1 Å². The predicted octanol–water partition coefficient (Wildman–Crippen LogP) is 3.29. The van der Waals surface area contributed by atoms with Gasteiger partial charge in [0.25, 0.3) is 5.56 Å². The molecule has 0 aliphatic heterocycles. The SMILES string of the molecule is CSc1ccc(C(=O)COC(=O)Cn2cnc3c(oc4ccccc43)c2=O)cc1. The molecule has 0 saturated heterocycles. The highest BCUT2D eigenvalue weighted by atomic mass is 32.2. The van der Waals surface area contributed by atoms with E-state index in [-0.39, 0.29) is 17.9 Å². The minimum atomic E-state index is -0.710. The maximum Gasteiger partial charge on any atom is 0.326 e. The molecule has 2 aromatic carbocycles. The molecule has 0 bridgehead atoms. The fourth-order valence-electron chi connectivity index (χ4n) is 2.92. The molecular weight excluding hydrogens is 392 g/mol. The van der Waals surface area contributed by atoms with Gasteiger partial charge in [-0.15, -0.1) is 11.8 Å². The number of rotatable bonds is 6. The van der Waals surface area contributed by atoms with Crippen molar-refractivity contribution in [3.63, 3.8) is 0 Å². The molecule has 2 aromatic heterocycles. The summed E-state index contributed by atoms with van der Waals surface area (Å²) in [5.74, 6) is -1.03. The van der Waals surface area contributed by atoms with Crippen LogP contribution in [0.1, 0.15) is 10.4 Å². The van der Waals surface area contributed by atoms with E-state index in [1.165, 1.54) is 6.33 Å². The predicted molar refractivity (Wildman–Crippen MR) is 109 cm³/mol. The van der Waals surface area contributed by atoms with Crippen LogP contribution in [0, 0.1) is 0 Å². The number of benzene rings is 2. The summed E-state index contributed by atoms with van der Waals surface area (Å²) < 4.78 is 11.7. The van der Waals surface area contributed by atoms with Crippen molar-refractivity contribution in [1.82, 2.24) is 9.55 Å². The number of para-hydroxylation sites is 1. The lowest BCUT2D eigenvalue weighted by molar-refractivity contribution is -0.143. The number of hydrogen-bond acceptors (Lipinski definition) is 7. The van der Waals surface area contributed by atoms with Crippen molar-refractivity contribution in [1.29, 1.82) is 0 Å². The molecule has 0 N–H and O–H groups in total. The highest BCUT2D eigenvalue weighted by molar-refractivity contribution is 7.98. The average Bonchev–Trinajstić information content (AvgIpc) is 3.13. The number of furan rings is 1. The van der Waals surface area contributed by atoms with Crippen LogP contribution in [0.25, 0.3) is 22.1 Å². The number of esters is 1. The van der Waals surface area contributed by atoms with Gasteiger partial charge in [0.05, 0.1) is 6.33 Å². The molecule has 0 aliphatic rings. The lowest BCUT2D eigenvalue weighted by Crippen LogP contribution is -2.26. The van der Waals surface area contributed by atoms with Gasteiger partial charge >= 0.3 is 5.97 Å². The Morgan fingerprint density at radius 2 is 1.90 bits per heavy atom. The minimum absolute atomic E-state index is 0.0754. The van der Waals surface area contributed by atoms with E-state index in [1.54, 1.807) is 36.0 Å². The minimum Gasteiger partial charge on any atom is -0.456 e. The van der Waals surface area contributed by atoms with Gasteiger partial charge in [-0.1, -0.05) is 24.3 Å². The second-order valence-electron chi connectivity index (χ2n) is 6.27. The van der Waals surface area contributed by atoms with Gasteiger partial charge in [-0.3, -0.25) is 19.0 Å². The molecule has 0 aliphatic carbocycles. The van der Waals surface area contributed by atoms with E-state index in [0.29, 0.717) is 16.7 Å². The van der Waals surface area contributed by atoms with Crippen LogP contribution in [0.5, 0.6) is 0 Å². The first kappa shape index (κ1) is 18.9. The van der Waals surface area contributed by atoms with Crippen molar-refractivity contribution >= 4 is 45.6 Å². The van der Waals surface area contributed by atoms with Gasteiger partial charge < -0.3 is 9.15 Å². The number of hydrogen-bond donors (Lipinski definition) is 0. The zero-order valence-electron chi connectivity index (χ0n) is 15.5. The third kappa shape index (κ3) is 3.79. The van der Waals surface area contributed by atoms with Gasteiger partial charge in [-0.2, -0.15) is 0 Å². The first-order valence-corrected chi connectivity index (χ1v) is 9.99. The van der Waals surface area contributed by atoms with Gasteiger partial charge in [0, 0.05) is 15.8 Å². The van der Waals surface area contributed by atoms with Crippen molar-refractivity contribution in [3.05, 3.63) is 70.8 Å². The Hall–Kier alpha value is -3.39. The Morgan fingerprint density at radius 3 is 2.66 bits per heavy atom. The van der Waals surface area contributed by atoms with E-state index in [9.17, 15) is 14.4 Å². The van der Waals surface area contributed by atoms with Crippen molar-refractivity contribution in [2.45, 2.75) is 11.4 Å². The fraction of sp³-hybridized carbons (Fsp3) is 0.143. The maximum absolute atomic E-state index is 12.6. The molecular formula is C21H16N2O5S. The van der Waals surface area contributed by atoms with Gasteiger partial charge in [-0.25, -0.2) is 4.98 Å². The number of nitrogens with zero attached hydrogens (tertiary/aromatic N) is 2. The highest BCUT2D eigenvalue weighted by Gasteiger charge is 2.16. The number of fused-ring (bicyclic) bond motifs is 3. The van der Waals surface area contributed by atoms with Gasteiger partial charge in [0.15, 0.2) is 12.4 Å². The summed E-state index contributed by atoms with van der Waals surface area (Å²) in [6, 6.07) is 14.2. The van der Waals surface area contributed by atoms with E-state index in [2.05, 4.69) is 4.98 Å². The van der Waals surface area contributed by atoms with Crippen LogP contribution in [0.3, 0.4) is 0 Å². The molecule has 2 heterocycles. The molecule has 0 saturated carbocycles. The first-order valence-electron chi connectivity index (χ1n) is 8.76. The molecule has 0 fully saturated rings. The molecule has 0 atom stereocenters. The van der Waals surface area contributed by atoms with Gasteiger partial charge in [0.2, 0.25) is 5.58 Å². The van der Waals surface area contributed by atoms with Crippen molar-refractivity contribution in [2.75, 3.05) is 12.9 Å². The van der Waals surface area contributed by atoms with E-state index in [4.69, 9.17) is 9.15 Å². The Balaban J connectivity index is 1.46. The monoisotopic (exact) mass is 408 g/mol. The summed E-state index contributed by atoms with van der Waals surface area (Å²) in [7, 11) is 0. The Morgan fingerprint density at radius 1 is 1.14 bits per heavy atom. The number of carbonyl (C=O) groups excluding carboxylic acids is 2. The Labute approximate surface area is 169 Å². The molecule has 0 amide bonds. The lowest BCUT2D eigenvalue weighted by Gasteiger charge is -2.06. The van der Waals surface area contributed by atoms with Crippen LogP contribution >= 0.6 is 11.8 Å². The molecule has 29 heavy (non-hydrogen) atoms. The average molecular weight is 408 g/mol. The summed E-state index contributed by atoms with van der Waals surface area (Å²) in [4.78, 5) is 42.2. The molecule has 4 rings (SSSR count). The highest BCUT2D eigenvalue weighted by Crippen LogP contribution is 2.24. The smallest absolute Gasteiger partial charge is 0.326 e. The largest absolute Gasteiger partial charge is 0.456 e. The van der Waals surface area contributed by atoms with Gasteiger partial charge in [-0.05, 0) is 30.5 Å².